The molecule has 8 rings (SSSR count). The maximum Gasteiger partial charge on any atom is 0.283 e. The maximum absolute atomic E-state index is 15.5. The number of hydrogen-bond acceptors (Lipinski definition) is 6. The average molecular weight is 603 g/mol. The van der Waals surface area contributed by atoms with Crippen LogP contribution >= 0.6 is 11.6 Å². The zero-order chi connectivity index (χ0) is 29.6. The van der Waals surface area contributed by atoms with Gasteiger partial charge in [0.25, 0.3) is 12.0 Å². The Morgan fingerprint density at radius 1 is 1.09 bits per heavy atom. The molecule has 5 heterocycles. The van der Waals surface area contributed by atoms with Gasteiger partial charge in [0, 0.05) is 39.5 Å². The number of anilines is 1. The van der Waals surface area contributed by atoms with Crippen molar-refractivity contribution in [3.63, 3.8) is 0 Å². The van der Waals surface area contributed by atoms with Crippen molar-refractivity contribution < 1.29 is 13.2 Å². The van der Waals surface area contributed by atoms with Gasteiger partial charge in [-0.1, -0.05) is 23.4 Å². The van der Waals surface area contributed by atoms with Crippen molar-refractivity contribution in [3.05, 3.63) is 105 Å². The molecule has 0 radical (unpaired) electrons. The number of alkyl halides is 2. The van der Waals surface area contributed by atoms with Crippen LogP contribution in [0.25, 0.3) is 28.3 Å². The molecule has 2 aliphatic heterocycles. The van der Waals surface area contributed by atoms with E-state index in [0.717, 1.165) is 48.0 Å². The monoisotopic (exact) mass is 602 g/mol. The topological polar surface area (TPSA) is 106 Å². The highest BCUT2D eigenvalue weighted by atomic mass is 35.5. The smallest absolute Gasteiger partial charge is 0.283 e. The van der Waals surface area contributed by atoms with Crippen LogP contribution in [0.15, 0.2) is 65.7 Å². The normalized spacial score (nSPS) is 20.1. The van der Waals surface area contributed by atoms with Crippen LogP contribution in [0.2, 0.25) is 5.02 Å². The molecular weight excluding hydrogens is 581 g/mol. The van der Waals surface area contributed by atoms with Gasteiger partial charge in [-0.3, -0.25) is 9.36 Å². The Balaban J connectivity index is 1.18. The lowest BCUT2D eigenvalue weighted by Crippen LogP contribution is -2.27. The van der Waals surface area contributed by atoms with Crippen molar-refractivity contribution in [1.29, 1.82) is 0 Å². The zero-order valence-corrected chi connectivity index (χ0v) is 23.1. The van der Waals surface area contributed by atoms with Gasteiger partial charge in [-0.2, -0.15) is 4.39 Å². The van der Waals surface area contributed by atoms with E-state index in [1.807, 2.05) is 18.2 Å². The fourth-order valence-corrected chi connectivity index (χ4v) is 6.47. The minimum atomic E-state index is -2.79. The van der Waals surface area contributed by atoms with E-state index in [4.69, 9.17) is 16.6 Å². The molecule has 1 fully saturated rings. The number of benzene rings is 2. The molecule has 43 heavy (non-hydrogen) atoms. The zero-order valence-electron chi connectivity index (χ0n) is 22.4. The van der Waals surface area contributed by atoms with Crippen LogP contribution in [0.3, 0.4) is 0 Å². The van der Waals surface area contributed by atoms with Gasteiger partial charge < -0.3 is 10.3 Å². The standard InChI is InChI=1S/C30H22ClF3N8O/c1-13-2-3-14-8-15(4-6-20(14)35-13)29-37-25(28(34)38-29)26-17-10-18(17)30-36-21(11-24(43)42(26)30)19-9-16(31)5-7-23(19)41-12-22(27(32)33)39-40-41/h4-9,11-12,17-18,26-27,35H,1-3,10H2,(H,37,38). The van der Waals surface area contributed by atoms with Crippen molar-refractivity contribution in [1.82, 2.24) is 34.5 Å². The first-order valence-electron chi connectivity index (χ1n) is 13.7. The summed E-state index contributed by atoms with van der Waals surface area (Å²) in [6.45, 7) is 3.99. The number of aryl methyl sites for hydroxylation is 1. The summed E-state index contributed by atoms with van der Waals surface area (Å²) in [4.78, 5) is 25.8. The highest BCUT2D eigenvalue weighted by Gasteiger charge is 2.56. The summed E-state index contributed by atoms with van der Waals surface area (Å²) in [6, 6.07) is 11.3. The van der Waals surface area contributed by atoms with Crippen LogP contribution in [0.1, 0.15) is 54.0 Å². The van der Waals surface area contributed by atoms with Gasteiger partial charge in [0.1, 0.15) is 17.3 Å². The molecule has 0 bridgehead atoms. The van der Waals surface area contributed by atoms with Crippen molar-refractivity contribution >= 4 is 17.3 Å². The Labute approximate surface area is 247 Å². The number of nitrogens with one attached hydrogen (secondary N) is 2. The van der Waals surface area contributed by atoms with Gasteiger partial charge in [0.15, 0.2) is 0 Å². The molecule has 3 aliphatic rings. The first-order valence-corrected chi connectivity index (χ1v) is 14.1. The van der Waals surface area contributed by atoms with Crippen molar-refractivity contribution in [2.24, 2.45) is 5.92 Å². The summed E-state index contributed by atoms with van der Waals surface area (Å²) in [5.74, 6) is 0.219. The van der Waals surface area contributed by atoms with E-state index < -0.39 is 24.1 Å². The van der Waals surface area contributed by atoms with Gasteiger partial charge in [-0.05, 0) is 67.1 Å². The summed E-state index contributed by atoms with van der Waals surface area (Å²) >= 11 is 6.29. The third kappa shape index (κ3) is 4.19. The summed E-state index contributed by atoms with van der Waals surface area (Å²) < 4.78 is 44.6. The second-order valence-electron chi connectivity index (χ2n) is 11.1. The molecule has 3 atom stereocenters. The molecule has 5 aromatic rings. The molecule has 2 N–H and O–H groups in total. The van der Waals surface area contributed by atoms with Crippen LogP contribution in [-0.4, -0.2) is 34.5 Å². The third-order valence-electron chi connectivity index (χ3n) is 8.42. The number of aromatic nitrogens is 7. The Kier molecular flexibility index (Phi) is 5.67. The molecule has 1 aliphatic carbocycles. The molecule has 13 heteroatoms. The first-order chi connectivity index (χ1) is 20.7. The van der Waals surface area contributed by atoms with Crippen LogP contribution in [0.5, 0.6) is 0 Å². The Hall–Kier alpha value is -4.71. The predicted molar refractivity (Wildman–Crippen MR) is 153 cm³/mol. The van der Waals surface area contributed by atoms with E-state index in [2.05, 4.69) is 32.2 Å². The van der Waals surface area contributed by atoms with Crippen LogP contribution in [0.4, 0.5) is 18.9 Å². The van der Waals surface area contributed by atoms with E-state index in [-0.39, 0.29) is 23.1 Å². The molecule has 3 unspecified atom stereocenters. The minimum absolute atomic E-state index is 0.0141. The molecule has 3 aromatic heterocycles. The maximum atomic E-state index is 15.5. The molecule has 0 amide bonds. The lowest BCUT2D eigenvalue weighted by Gasteiger charge is -2.20. The fourth-order valence-electron chi connectivity index (χ4n) is 6.30. The predicted octanol–water partition coefficient (Wildman–Crippen LogP) is 6.19. The van der Waals surface area contributed by atoms with E-state index in [9.17, 15) is 13.6 Å². The van der Waals surface area contributed by atoms with Crippen LogP contribution in [-0.2, 0) is 6.42 Å². The third-order valence-corrected chi connectivity index (χ3v) is 8.65. The number of fused-ring (bicyclic) bond motifs is 4. The highest BCUT2D eigenvalue weighted by Crippen LogP contribution is 2.60. The second-order valence-corrected chi connectivity index (χ2v) is 11.5. The SMILES string of the molecule is C=C1CCc2cc(-c3nc(F)c(C4C5CC5c5nc(-c6cc(Cl)ccc6-n6cc(C(F)F)nn6)cc(=O)n54)[nH]3)ccc2N1. The number of halogens is 4. The van der Waals surface area contributed by atoms with E-state index >= 15 is 4.39 Å². The van der Waals surface area contributed by atoms with Gasteiger partial charge in [-0.25, -0.2) is 23.4 Å². The number of aromatic amines is 1. The first kappa shape index (κ1) is 26.0. The number of rotatable bonds is 5. The van der Waals surface area contributed by atoms with Crippen molar-refractivity contribution in [2.45, 2.75) is 37.6 Å². The van der Waals surface area contributed by atoms with E-state index in [0.29, 0.717) is 33.6 Å². The number of allylic oxidation sites excluding steroid dienone is 1. The minimum Gasteiger partial charge on any atom is -0.359 e. The molecule has 216 valence electrons. The largest absolute Gasteiger partial charge is 0.359 e. The highest BCUT2D eigenvalue weighted by molar-refractivity contribution is 6.31. The van der Waals surface area contributed by atoms with Crippen LogP contribution in [0, 0.1) is 11.9 Å². The van der Waals surface area contributed by atoms with Crippen LogP contribution < -0.4 is 10.9 Å². The molecule has 1 saturated carbocycles. The Morgan fingerprint density at radius 3 is 2.77 bits per heavy atom. The molecule has 0 saturated heterocycles. The number of nitrogens with zero attached hydrogens (tertiary/aromatic N) is 6. The molecule has 0 spiro atoms. The van der Waals surface area contributed by atoms with Crippen molar-refractivity contribution in [3.8, 4) is 28.3 Å². The summed E-state index contributed by atoms with van der Waals surface area (Å²) in [5.41, 5.74) is 4.30. The van der Waals surface area contributed by atoms with Crippen molar-refractivity contribution in [2.75, 3.05) is 5.32 Å². The number of imidazole rings is 1. The lowest BCUT2D eigenvalue weighted by molar-refractivity contribution is 0.146. The van der Waals surface area contributed by atoms with Gasteiger partial charge in [0.2, 0.25) is 5.95 Å². The second kappa shape index (κ2) is 9.40. The fraction of sp³-hybridized carbons (Fsp3) is 0.233. The Bertz CT molecular complexity index is 2030. The van der Waals surface area contributed by atoms with Gasteiger partial charge in [0.05, 0.1) is 29.3 Å². The molecular formula is C30H22ClF3N8O. The number of H-pyrrole nitrogens is 1. The van der Waals surface area contributed by atoms with Gasteiger partial charge >= 0.3 is 0 Å². The van der Waals surface area contributed by atoms with Gasteiger partial charge in [-0.15, -0.1) is 5.10 Å². The quantitative estimate of drug-likeness (QED) is 0.248. The molecule has 2 aromatic carbocycles. The van der Waals surface area contributed by atoms with E-state index in [1.165, 1.54) is 15.3 Å². The number of hydrogen-bond donors (Lipinski definition) is 2. The van der Waals surface area contributed by atoms with E-state index in [1.54, 1.807) is 18.2 Å². The average Bonchev–Trinajstić information content (AvgIpc) is 3.29. The Morgan fingerprint density at radius 2 is 1.95 bits per heavy atom. The molecule has 9 nitrogen and oxygen atoms in total. The summed E-state index contributed by atoms with van der Waals surface area (Å²) in [5, 5.41) is 11.0. The lowest BCUT2D eigenvalue weighted by atomic mass is 9.99. The summed E-state index contributed by atoms with van der Waals surface area (Å²) in [7, 11) is 0. The summed E-state index contributed by atoms with van der Waals surface area (Å²) in [6.07, 6.45) is 0.724.